The molecule has 0 radical (unpaired) electrons. The molecule has 3 aromatic heterocycles. The number of H-pyrrole nitrogens is 1. The molecule has 4 N–H and O–H groups in total. The quantitative estimate of drug-likeness (QED) is 0.454. The highest BCUT2D eigenvalue weighted by molar-refractivity contribution is 5.82. The van der Waals surface area contributed by atoms with E-state index in [1.165, 1.54) is 0 Å². The first kappa shape index (κ1) is 19.7. The van der Waals surface area contributed by atoms with E-state index in [0.717, 1.165) is 53.7 Å². The van der Waals surface area contributed by atoms with Gasteiger partial charge in [0, 0.05) is 23.4 Å². The van der Waals surface area contributed by atoms with E-state index >= 15 is 0 Å². The number of rotatable bonds is 5. The SMILES string of the molecule is CC(C)c1c(C(C)c2cccc3cn[nH]c23)nn2c(N)nc(O[C@@H]3CCCNC3)nc12. The molecule has 1 aromatic carbocycles. The Bertz CT molecular complexity index is 1220. The largest absolute Gasteiger partial charge is 0.459 e. The summed E-state index contributed by atoms with van der Waals surface area (Å²) in [5.74, 6) is 0.507. The van der Waals surface area contributed by atoms with Crippen molar-refractivity contribution in [3.05, 3.63) is 41.2 Å². The molecule has 9 heteroatoms. The van der Waals surface area contributed by atoms with E-state index in [1.54, 1.807) is 4.52 Å². The number of aromatic nitrogens is 6. The number of aromatic amines is 1. The Hall–Kier alpha value is -3.20. The molecule has 4 aromatic rings. The van der Waals surface area contributed by atoms with Crippen molar-refractivity contribution < 1.29 is 4.74 Å². The van der Waals surface area contributed by atoms with E-state index in [4.69, 9.17) is 20.6 Å². The molecule has 1 saturated heterocycles. The summed E-state index contributed by atoms with van der Waals surface area (Å²) in [6.45, 7) is 8.26. The molecule has 0 amide bonds. The molecule has 0 bridgehead atoms. The number of nitrogens with zero attached hydrogens (tertiary/aromatic N) is 5. The normalized spacial score (nSPS) is 18.1. The van der Waals surface area contributed by atoms with Crippen molar-refractivity contribution in [1.29, 1.82) is 0 Å². The van der Waals surface area contributed by atoms with Crippen molar-refractivity contribution in [2.45, 2.75) is 51.6 Å². The summed E-state index contributed by atoms with van der Waals surface area (Å²) >= 11 is 0. The van der Waals surface area contributed by atoms with Crippen LogP contribution in [0, 0.1) is 0 Å². The zero-order valence-electron chi connectivity index (χ0n) is 18.1. The number of hydrogen-bond acceptors (Lipinski definition) is 7. The number of ether oxygens (including phenoxy) is 1. The monoisotopic (exact) mass is 420 g/mol. The fourth-order valence-corrected chi connectivity index (χ4v) is 4.46. The Morgan fingerprint density at radius 2 is 2.10 bits per heavy atom. The lowest BCUT2D eigenvalue weighted by molar-refractivity contribution is 0.153. The highest BCUT2D eigenvalue weighted by Crippen LogP contribution is 2.35. The number of fused-ring (bicyclic) bond motifs is 2. The fourth-order valence-electron chi connectivity index (χ4n) is 4.46. The third kappa shape index (κ3) is 3.48. The maximum atomic E-state index is 6.29. The predicted octanol–water partition coefficient (Wildman–Crippen LogP) is 2.99. The van der Waals surface area contributed by atoms with Gasteiger partial charge in [0.2, 0.25) is 5.95 Å². The highest BCUT2D eigenvalue weighted by atomic mass is 16.5. The molecule has 1 aliphatic rings. The van der Waals surface area contributed by atoms with Crippen molar-refractivity contribution in [1.82, 2.24) is 35.1 Å². The van der Waals surface area contributed by atoms with Crippen LogP contribution in [-0.2, 0) is 0 Å². The molecule has 162 valence electrons. The molecule has 5 rings (SSSR count). The minimum atomic E-state index is 0.0227. The molecule has 1 unspecified atom stereocenters. The second kappa shape index (κ2) is 7.81. The number of benzene rings is 1. The van der Waals surface area contributed by atoms with Crippen molar-refractivity contribution >= 4 is 22.5 Å². The van der Waals surface area contributed by atoms with Crippen LogP contribution < -0.4 is 15.8 Å². The van der Waals surface area contributed by atoms with Crippen molar-refractivity contribution in [3.63, 3.8) is 0 Å². The van der Waals surface area contributed by atoms with E-state index in [9.17, 15) is 0 Å². The first-order valence-corrected chi connectivity index (χ1v) is 10.9. The summed E-state index contributed by atoms with van der Waals surface area (Å²) in [6, 6.07) is 6.52. The zero-order valence-corrected chi connectivity index (χ0v) is 18.1. The van der Waals surface area contributed by atoms with Crippen LogP contribution in [0.2, 0.25) is 0 Å². The minimum absolute atomic E-state index is 0.0227. The Balaban J connectivity index is 1.60. The van der Waals surface area contributed by atoms with Gasteiger partial charge in [0.25, 0.3) is 0 Å². The van der Waals surface area contributed by atoms with Gasteiger partial charge in [-0.25, -0.2) is 0 Å². The molecule has 9 nitrogen and oxygen atoms in total. The number of para-hydroxylation sites is 1. The van der Waals surface area contributed by atoms with Crippen molar-refractivity contribution in [2.24, 2.45) is 0 Å². The van der Waals surface area contributed by atoms with E-state index in [0.29, 0.717) is 11.7 Å². The Kier molecular flexibility index (Phi) is 4.97. The smallest absolute Gasteiger partial charge is 0.322 e. The number of nitrogens with one attached hydrogen (secondary N) is 2. The molecule has 1 fully saturated rings. The average molecular weight is 421 g/mol. The molecule has 1 aliphatic heterocycles. The zero-order chi connectivity index (χ0) is 21.5. The van der Waals surface area contributed by atoms with Crippen LogP contribution in [0.25, 0.3) is 16.6 Å². The summed E-state index contributed by atoms with van der Waals surface area (Å²) in [7, 11) is 0. The van der Waals surface area contributed by atoms with Crippen LogP contribution >= 0.6 is 0 Å². The van der Waals surface area contributed by atoms with E-state index in [2.05, 4.69) is 53.4 Å². The van der Waals surface area contributed by atoms with E-state index in [1.807, 2.05) is 12.3 Å². The van der Waals surface area contributed by atoms with E-state index in [-0.39, 0.29) is 23.9 Å². The molecule has 0 aliphatic carbocycles. The lowest BCUT2D eigenvalue weighted by atomic mass is 9.90. The highest BCUT2D eigenvalue weighted by Gasteiger charge is 2.26. The van der Waals surface area contributed by atoms with Gasteiger partial charge in [0.05, 0.1) is 17.4 Å². The van der Waals surface area contributed by atoms with Crippen LogP contribution in [0.4, 0.5) is 5.95 Å². The molecule has 0 spiro atoms. The van der Waals surface area contributed by atoms with Crippen LogP contribution in [0.5, 0.6) is 6.01 Å². The van der Waals surface area contributed by atoms with Gasteiger partial charge in [-0.1, -0.05) is 39.0 Å². The molecule has 2 atom stereocenters. The van der Waals surface area contributed by atoms with Gasteiger partial charge in [-0.15, -0.1) is 0 Å². The topological polar surface area (TPSA) is 119 Å². The molecule has 31 heavy (non-hydrogen) atoms. The Morgan fingerprint density at radius 1 is 1.23 bits per heavy atom. The van der Waals surface area contributed by atoms with Gasteiger partial charge in [0.1, 0.15) is 6.10 Å². The Morgan fingerprint density at radius 3 is 2.87 bits per heavy atom. The third-order valence-corrected chi connectivity index (χ3v) is 6.04. The summed E-state index contributed by atoms with van der Waals surface area (Å²) in [5, 5.41) is 16.6. The maximum Gasteiger partial charge on any atom is 0.322 e. The third-order valence-electron chi connectivity index (χ3n) is 6.04. The Labute approximate surface area is 180 Å². The summed E-state index contributed by atoms with van der Waals surface area (Å²) in [4.78, 5) is 9.12. The molecular formula is C22H28N8O. The lowest BCUT2D eigenvalue weighted by Crippen LogP contribution is -2.37. The summed E-state index contributed by atoms with van der Waals surface area (Å²) in [6.07, 6.45) is 3.95. The summed E-state index contributed by atoms with van der Waals surface area (Å²) < 4.78 is 7.70. The lowest BCUT2D eigenvalue weighted by Gasteiger charge is -2.22. The first-order chi connectivity index (χ1) is 15.0. The van der Waals surface area contributed by atoms with Crippen LogP contribution in [0.1, 0.15) is 62.3 Å². The molecular weight excluding hydrogens is 392 g/mol. The number of anilines is 1. The maximum absolute atomic E-state index is 6.29. The van der Waals surface area contributed by atoms with Gasteiger partial charge >= 0.3 is 6.01 Å². The van der Waals surface area contributed by atoms with Crippen LogP contribution in [-0.4, -0.2) is 49.0 Å². The average Bonchev–Trinajstić information content (AvgIpc) is 3.39. The van der Waals surface area contributed by atoms with Gasteiger partial charge in [-0.2, -0.15) is 24.7 Å². The minimum Gasteiger partial charge on any atom is -0.459 e. The van der Waals surface area contributed by atoms with Gasteiger partial charge in [-0.3, -0.25) is 5.10 Å². The molecule has 4 heterocycles. The fraction of sp³-hybridized carbons (Fsp3) is 0.455. The number of nitrogen functional groups attached to an aromatic ring is 1. The van der Waals surface area contributed by atoms with Gasteiger partial charge < -0.3 is 15.8 Å². The van der Waals surface area contributed by atoms with E-state index < -0.39 is 0 Å². The second-order valence-corrected chi connectivity index (χ2v) is 8.54. The number of piperidine rings is 1. The van der Waals surface area contributed by atoms with Crippen LogP contribution in [0.3, 0.4) is 0 Å². The summed E-state index contributed by atoms with van der Waals surface area (Å²) in [5.41, 5.74) is 11.2. The standard InChI is InChI=1S/C22H28N8O/c1-12(2)17-18(13(3)16-8-4-6-14-10-25-28-19(14)16)29-30-20(17)26-22(27-21(30)23)31-15-7-5-9-24-11-15/h4,6,8,10,12-13,15,24H,5,7,9,11H2,1-3H3,(H,25,28)(H2,23,26,27)/t13?,15-/m1/s1. The van der Waals surface area contributed by atoms with Crippen LogP contribution in [0.15, 0.2) is 24.4 Å². The van der Waals surface area contributed by atoms with Crippen molar-refractivity contribution in [2.75, 3.05) is 18.8 Å². The van der Waals surface area contributed by atoms with Gasteiger partial charge in [0.15, 0.2) is 5.65 Å². The number of hydrogen-bond donors (Lipinski definition) is 3. The predicted molar refractivity (Wildman–Crippen MR) is 119 cm³/mol. The number of nitrogens with two attached hydrogens (primary N) is 1. The molecule has 0 saturated carbocycles. The van der Waals surface area contributed by atoms with Gasteiger partial charge in [-0.05, 0) is 30.9 Å². The first-order valence-electron chi connectivity index (χ1n) is 10.9. The second-order valence-electron chi connectivity index (χ2n) is 8.54. The van der Waals surface area contributed by atoms with Crippen molar-refractivity contribution in [3.8, 4) is 6.01 Å².